The van der Waals surface area contributed by atoms with Gasteiger partial charge in [-0.15, -0.1) is 0 Å². The van der Waals surface area contributed by atoms with E-state index in [-0.39, 0.29) is 0 Å². The number of fused-ring (bicyclic) bond motifs is 1. The molecule has 1 aromatic rings. The van der Waals surface area contributed by atoms with Crippen LogP contribution in [0.3, 0.4) is 0 Å². The Morgan fingerprint density at radius 2 is 2.21 bits per heavy atom. The molecular weight excluding hydrogens is 234 g/mol. The minimum Gasteiger partial charge on any atom is -0.307 e. The molecular formula is C16H25N3. The maximum atomic E-state index is 4.61. The zero-order valence-corrected chi connectivity index (χ0v) is 12.2. The molecule has 2 aliphatic carbocycles. The van der Waals surface area contributed by atoms with Gasteiger partial charge in [0.15, 0.2) is 0 Å². The quantitative estimate of drug-likeness (QED) is 0.900. The molecule has 1 N–H and O–H groups in total. The summed E-state index contributed by atoms with van der Waals surface area (Å²) in [6.45, 7) is 1.10. The van der Waals surface area contributed by atoms with Gasteiger partial charge in [-0.05, 0) is 64.3 Å². The number of nitrogens with zero attached hydrogens (tertiary/aromatic N) is 2. The number of nitrogens with one attached hydrogen (secondary N) is 1. The second-order valence-corrected chi connectivity index (χ2v) is 6.35. The van der Waals surface area contributed by atoms with E-state index in [2.05, 4.69) is 41.4 Å². The van der Waals surface area contributed by atoms with Gasteiger partial charge in [-0.25, -0.2) is 0 Å². The van der Waals surface area contributed by atoms with Crippen LogP contribution in [0.2, 0.25) is 0 Å². The highest BCUT2D eigenvalue weighted by Gasteiger charge is 2.39. The molecule has 1 aromatic heterocycles. The van der Waals surface area contributed by atoms with Crippen molar-refractivity contribution >= 4 is 0 Å². The van der Waals surface area contributed by atoms with Crippen molar-refractivity contribution in [1.29, 1.82) is 0 Å². The largest absolute Gasteiger partial charge is 0.307 e. The van der Waals surface area contributed by atoms with Crippen LogP contribution in [0.15, 0.2) is 18.3 Å². The van der Waals surface area contributed by atoms with Crippen LogP contribution < -0.4 is 5.32 Å². The Kier molecular flexibility index (Phi) is 3.59. The standard InChI is InChI=1S/C16H25N3/c1-19(2)16(9-5-10-16)12-18-14-8-3-6-13-7-4-11-17-15(13)14/h4,7,11,14,18H,3,5-6,8-10,12H2,1-2H3. The predicted octanol–water partition coefficient (Wildman–Crippen LogP) is 2.53. The first kappa shape index (κ1) is 13.1. The minimum absolute atomic E-state index is 0.395. The van der Waals surface area contributed by atoms with Gasteiger partial charge in [-0.3, -0.25) is 4.98 Å². The van der Waals surface area contributed by atoms with E-state index in [1.165, 1.54) is 49.8 Å². The molecule has 1 atom stereocenters. The minimum atomic E-state index is 0.395. The van der Waals surface area contributed by atoms with Crippen molar-refractivity contribution in [2.45, 2.75) is 50.1 Å². The molecule has 1 heterocycles. The van der Waals surface area contributed by atoms with Crippen LogP contribution in [0, 0.1) is 0 Å². The Bertz CT molecular complexity index is 437. The number of hydrogen-bond donors (Lipinski definition) is 1. The van der Waals surface area contributed by atoms with Gasteiger partial charge >= 0.3 is 0 Å². The molecule has 0 amide bonds. The van der Waals surface area contributed by atoms with Crippen LogP contribution in [-0.4, -0.2) is 36.1 Å². The molecule has 2 aliphatic rings. The van der Waals surface area contributed by atoms with Gasteiger partial charge in [0.2, 0.25) is 0 Å². The average molecular weight is 259 g/mol. The van der Waals surface area contributed by atoms with Gasteiger partial charge < -0.3 is 10.2 Å². The van der Waals surface area contributed by atoms with Crippen molar-refractivity contribution in [3.63, 3.8) is 0 Å². The Balaban J connectivity index is 1.68. The highest BCUT2D eigenvalue weighted by molar-refractivity contribution is 5.25. The molecule has 1 saturated carbocycles. The Morgan fingerprint density at radius 1 is 1.37 bits per heavy atom. The molecule has 3 heteroatoms. The molecule has 1 unspecified atom stereocenters. The van der Waals surface area contributed by atoms with Gasteiger partial charge in [-0.1, -0.05) is 6.07 Å². The van der Waals surface area contributed by atoms with Crippen LogP contribution in [0.1, 0.15) is 49.4 Å². The first-order chi connectivity index (χ1) is 9.21. The number of aryl methyl sites for hydroxylation is 1. The van der Waals surface area contributed by atoms with Crippen molar-refractivity contribution in [2.24, 2.45) is 0 Å². The fourth-order valence-corrected chi connectivity index (χ4v) is 3.49. The van der Waals surface area contributed by atoms with Crippen molar-refractivity contribution in [3.8, 4) is 0 Å². The maximum absolute atomic E-state index is 4.61. The average Bonchev–Trinajstić information content (AvgIpc) is 2.37. The van der Waals surface area contributed by atoms with E-state index in [0.29, 0.717) is 11.6 Å². The molecule has 104 valence electrons. The number of hydrogen-bond acceptors (Lipinski definition) is 3. The lowest BCUT2D eigenvalue weighted by molar-refractivity contribution is 0.0562. The van der Waals surface area contributed by atoms with Gasteiger partial charge in [0.05, 0.1) is 5.69 Å². The zero-order chi connectivity index (χ0) is 13.3. The van der Waals surface area contributed by atoms with E-state index >= 15 is 0 Å². The lowest BCUT2D eigenvalue weighted by atomic mass is 9.75. The highest BCUT2D eigenvalue weighted by Crippen LogP contribution is 2.36. The van der Waals surface area contributed by atoms with E-state index in [9.17, 15) is 0 Å². The zero-order valence-electron chi connectivity index (χ0n) is 12.2. The highest BCUT2D eigenvalue weighted by atomic mass is 15.2. The molecule has 0 aliphatic heterocycles. The van der Waals surface area contributed by atoms with E-state index in [4.69, 9.17) is 0 Å². The molecule has 19 heavy (non-hydrogen) atoms. The van der Waals surface area contributed by atoms with E-state index in [1.807, 2.05) is 6.20 Å². The first-order valence-corrected chi connectivity index (χ1v) is 7.56. The van der Waals surface area contributed by atoms with Gasteiger partial charge in [-0.2, -0.15) is 0 Å². The third kappa shape index (κ3) is 2.41. The topological polar surface area (TPSA) is 28.2 Å². The third-order valence-corrected chi connectivity index (χ3v) is 5.11. The van der Waals surface area contributed by atoms with Crippen molar-refractivity contribution in [1.82, 2.24) is 15.2 Å². The van der Waals surface area contributed by atoms with Crippen molar-refractivity contribution in [2.75, 3.05) is 20.6 Å². The molecule has 3 rings (SSSR count). The Morgan fingerprint density at radius 3 is 2.89 bits per heavy atom. The molecule has 0 saturated heterocycles. The first-order valence-electron chi connectivity index (χ1n) is 7.56. The third-order valence-electron chi connectivity index (χ3n) is 5.11. The summed E-state index contributed by atoms with van der Waals surface area (Å²) >= 11 is 0. The Hall–Kier alpha value is -0.930. The molecule has 0 spiro atoms. The Labute approximate surface area is 116 Å². The molecule has 1 fully saturated rings. The summed E-state index contributed by atoms with van der Waals surface area (Å²) in [5, 5.41) is 3.80. The van der Waals surface area contributed by atoms with E-state index in [1.54, 1.807) is 0 Å². The van der Waals surface area contributed by atoms with Gasteiger partial charge in [0.1, 0.15) is 0 Å². The van der Waals surface area contributed by atoms with Crippen LogP contribution in [0.4, 0.5) is 0 Å². The lowest BCUT2D eigenvalue weighted by Gasteiger charge is -2.48. The summed E-state index contributed by atoms with van der Waals surface area (Å²) in [6.07, 6.45) is 9.67. The smallest absolute Gasteiger partial charge is 0.0605 e. The van der Waals surface area contributed by atoms with Crippen LogP contribution in [0.25, 0.3) is 0 Å². The van der Waals surface area contributed by atoms with Gasteiger partial charge in [0, 0.05) is 24.3 Å². The summed E-state index contributed by atoms with van der Waals surface area (Å²) in [7, 11) is 4.43. The van der Waals surface area contributed by atoms with E-state index < -0.39 is 0 Å². The second-order valence-electron chi connectivity index (χ2n) is 6.35. The van der Waals surface area contributed by atoms with Crippen LogP contribution in [0.5, 0.6) is 0 Å². The molecule has 3 nitrogen and oxygen atoms in total. The summed E-state index contributed by atoms with van der Waals surface area (Å²) < 4.78 is 0. The fraction of sp³-hybridized carbons (Fsp3) is 0.688. The summed E-state index contributed by atoms with van der Waals surface area (Å²) in [5.41, 5.74) is 3.13. The number of aromatic nitrogens is 1. The number of likely N-dealkylation sites (N-methyl/N-ethyl adjacent to an activating group) is 1. The van der Waals surface area contributed by atoms with Crippen LogP contribution >= 0.6 is 0 Å². The van der Waals surface area contributed by atoms with Gasteiger partial charge in [0.25, 0.3) is 0 Å². The fourth-order valence-electron chi connectivity index (χ4n) is 3.49. The number of pyridine rings is 1. The van der Waals surface area contributed by atoms with Crippen molar-refractivity contribution < 1.29 is 0 Å². The molecule has 0 bridgehead atoms. The lowest BCUT2D eigenvalue weighted by Crippen LogP contribution is -2.57. The summed E-state index contributed by atoms with van der Waals surface area (Å²) in [6, 6.07) is 4.76. The predicted molar refractivity (Wildman–Crippen MR) is 78.2 cm³/mol. The van der Waals surface area contributed by atoms with E-state index in [0.717, 1.165) is 6.54 Å². The maximum Gasteiger partial charge on any atom is 0.0605 e. The summed E-state index contributed by atoms with van der Waals surface area (Å²) in [4.78, 5) is 7.02. The SMILES string of the molecule is CN(C)C1(CNC2CCCc3cccnc32)CCC1. The number of rotatable bonds is 4. The normalized spacial score (nSPS) is 24.9. The van der Waals surface area contributed by atoms with Crippen LogP contribution in [-0.2, 0) is 6.42 Å². The molecule has 0 radical (unpaired) electrons. The van der Waals surface area contributed by atoms with Crippen molar-refractivity contribution in [3.05, 3.63) is 29.6 Å². The second kappa shape index (κ2) is 5.22. The molecule has 0 aromatic carbocycles. The monoisotopic (exact) mass is 259 g/mol. The summed E-state index contributed by atoms with van der Waals surface area (Å²) in [5.74, 6) is 0.